The van der Waals surface area contributed by atoms with Gasteiger partial charge >= 0.3 is 12.6 Å². The Morgan fingerprint density at radius 1 is 1.10 bits per heavy atom. The number of alkyl halides is 2. The number of nitroso groups, excluding NO2 is 1. The minimum absolute atomic E-state index is 0.0308. The van der Waals surface area contributed by atoms with Gasteiger partial charge in [0.2, 0.25) is 11.8 Å². The van der Waals surface area contributed by atoms with Crippen LogP contribution in [0.3, 0.4) is 0 Å². The van der Waals surface area contributed by atoms with Crippen molar-refractivity contribution in [1.82, 2.24) is 9.55 Å². The minimum atomic E-state index is -3.09. The molecule has 14 heteroatoms. The SMILES string of the molecule is O=Nc1cccc2c(O)n(CC(=O)O[C@@H](Cc3c(Cl)cncc3Cl)c3ccc(OC(F)F)c(OCC4CC4)c3)c(O)c12. The summed E-state index contributed by atoms with van der Waals surface area (Å²) in [7, 11) is 0. The maximum Gasteiger partial charge on any atom is 0.387 e. The van der Waals surface area contributed by atoms with Gasteiger partial charge in [-0.3, -0.25) is 14.3 Å². The van der Waals surface area contributed by atoms with Crippen molar-refractivity contribution in [2.24, 2.45) is 11.1 Å². The van der Waals surface area contributed by atoms with Crippen LogP contribution in [0, 0.1) is 10.8 Å². The molecule has 2 aromatic heterocycles. The molecule has 2 N–H and O–H groups in total. The fraction of sp³-hybridized carbons (Fsp3) is 0.286. The van der Waals surface area contributed by atoms with Gasteiger partial charge in [0.05, 0.1) is 22.0 Å². The molecule has 2 aromatic carbocycles. The molecular weight excluding hydrogens is 599 g/mol. The molecule has 0 aliphatic heterocycles. The van der Waals surface area contributed by atoms with Crippen LogP contribution < -0.4 is 9.47 Å². The van der Waals surface area contributed by atoms with Crippen LogP contribution in [0.4, 0.5) is 14.5 Å². The fourth-order valence-electron chi connectivity index (χ4n) is 4.46. The third-order valence-corrected chi connectivity index (χ3v) is 7.40. The summed E-state index contributed by atoms with van der Waals surface area (Å²) in [6, 6.07) is 8.41. The van der Waals surface area contributed by atoms with Crippen molar-refractivity contribution in [3.8, 4) is 23.3 Å². The molecule has 0 spiro atoms. The van der Waals surface area contributed by atoms with Crippen LogP contribution in [0.2, 0.25) is 10.0 Å². The first-order valence-corrected chi connectivity index (χ1v) is 13.5. The zero-order chi connectivity index (χ0) is 30.0. The van der Waals surface area contributed by atoms with Gasteiger partial charge in [-0.1, -0.05) is 35.3 Å². The van der Waals surface area contributed by atoms with E-state index in [4.69, 9.17) is 32.7 Å². The van der Waals surface area contributed by atoms with Gasteiger partial charge in [0.1, 0.15) is 18.3 Å². The lowest BCUT2D eigenvalue weighted by molar-refractivity contribution is -0.150. The van der Waals surface area contributed by atoms with E-state index in [0.717, 1.165) is 17.4 Å². The average Bonchev–Trinajstić information content (AvgIpc) is 3.76. The number of esters is 1. The molecule has 5 rings (SSSR count). The zero-order valence-electron chi connectivity index (χ0n) is 21.7. The summed E-state index contributed by atoms with van der Waals surface area (Å²) in [5.41, 5.74) is 0.619. The van der Waals surface area contributed by atoms with E-state index in [1.807, 2.05) is 0 Å². The van der Waals surface area contributed by atoms with Crippen molar-refractivity contribution in [3.63, 3.8) is 0 Å². The number of hydrogen-bond acceptors (Lipinski definition) is 9. The Morgan fingerprint density at radius 2 is 1.83 bits per heavy atom. The maximum atomic E-state index is 13.2. The summed E-state index contributed by atoms with van der Waals surface area (Å²) in [6.45, 7) is -3.45. The summed E-state index contributed by atoms with van der Waals surface area (Å²) < 4.78 is 43.2. The van der Waals surface area contributed by atoms with E-state index < -0.39 is 37.0 Å². The van der Waals surface area contributed by atoms with Crippen LogP contribution >= 0.6 is 23.2 Å². The molecule has 2 heterocycles. The Kier molecular flexibility index (Phi) is 8.64. The van der Waals surface area contributed by atoms with E-state index >= 15 is 0 Å². The highest BCUT2D eigenvalue weighted by Gasteiger charge is 2.27. The number of rotatable bonds is 12. The molecule has 4 aromatic rings. The van der Waals surface area contributed by atoms with Crippen LogP contribution in [0.25, 0.3) is 10.8 Å². The van der Waals surface area contributed by atoms with E-state index in [1.54, 1.807) is 0 Å². The molecule has 0 bridgehead atoms. The van der Waals surface area contributed by atoms with Crippen LogP contribution in [0.5, 0.6) is 23.3 Å². The lowest BCUT2D eigenvalue weighted by atomic mass is 10.0. The number of nitrogens with zero attached hydrogens (tertiary/aromatic N) is 3. The number of fused-ring (bicyclic) bond motifs is 1. The Morgan fingerprint density at radius 3 is 2.50 bits per heavy atom. The summed E-state index contributed by atoms with van der Waals surface area (Å²) in [6.07, 6.45) is 3.52. The molecule has 1 aliphatic rings. The lowest BCUT2D eigenvalue weighted by Gasteiger charge is -2.22. The van der Waals surface area contributed by atoms with E-state index in [1.165, 1.54) is 48.8 Å². The standard InChI is InChI=1S/C28H23Cl2F2N3O7/c29-18-10-33-11-19(30)17(18)9-22(15-6-7-21(42-28(31)32)23(8-15)40-13-14-4-5-14)41-24(36)12-35-26(37)16-2-1-3-20(34-39)25(16)27(35)38/h1-3,6-8,10-11,14,22,28,37-38H,4-5,9,12-13H2/t22-/m0/s1. The van der Waals surface area contributed by atoms with E-state index in [-0.39, 0.29) is 44.4 Å². The zero-order valence-corrected chi connectivity index (χ0v) is 23.2. The van der Waals surface area contributed by atoms with Crippen molar-refractivity contribution < 1.29 is 38.0 Å². The number of halogens is 4. The molecule has 1 fully saturated rings. The average molecular weight is 622 g/mol. The van der Waals surface area contributed by atoms with E-state index in [9.17, 15) is 28.7 Å². The first-order chi connectivity index (χ1) is 20.2. The highest BCUT2D eigenvalue weighted by atomic mass is 35.5. The first kappa shape index (κ1) is 29.3. The molecule has 0 radical (unpaired) electrons. The lowest BCUT2D eigenvalue weighted by Crippen LogP contribution is -2.19. The van der Waals surface area contributed by atoms with Gasteiger partial charge in [0, 0.05) is 24.2 Å². The Hall–Kier alpha value is -4.16. The maximum absolute atomic E-state index is 13.2. The fourth-order valence-corrected chi connectivity index (χ4v) is 4.98. The number of carbonyl (C=O) groups is 1. The van der Waals surface area contributed by atoms with Gasteiger partial charge in [0.15, 0.2) is 11.5 Å². The monoisotopic (exact) mass is 621 g/mol. The predicted molar refractivity (Wildman–Crippen MR) is 149 cm³/mol. The molecular formula is C28H23Cl2F2N3O7. The van der Waals surface area contributed by atoms with Crippen LogP contribution in [0.15, 0.2) is 54.0 Å². The van der Waals surface area contributed by atoms with Gasteiger partial charge in [0.25, 0.3) is 0 Å². The third kappa shape index (κ3) is 6.34. The van der Waals surface area contributed by atoms with Crippen molar-refractivity contribution in [3.05, 3.63) is 74.9 Å². The Balaban J connectivity index is 1.48. The summed E-state index contributed by atoms with van der Waals surface area (Å²) in [5, 5.41) is 24.7. The quantitative estimate of drug-likeness (QED) is 0.127. The molecule has 0 unspecified atom stereocenters. The van der Waals surface area contributed by atoms with Gasteiger partial charge in [-0.15, -0.1) is 4.91 Å². The normalized spacial score (nSPS) is 13.7. The molecule has 1 saturated carbocycles. The number of aromatic nitrogens is 2. The largest absolute Gasteiger partial charge is 0.494 e. The molecule has 220 valence electrons. The highest BCUT2D eigenvalue weighted by molar-refractivity contribution is 6.35. The summed E-state index contributed by atoms with van der Waals surface area (Å²) in [4.78, 5) is 28.4. The number of hydrogen-bond donors (Lipinski definition) is 2. The van der Waals surface area contributed by atoms with Gasteiger partial charge in [-0.25, -0.2) is 0 Å². The molecule has 1 aliphatic carbocycles. The van der Waals surface area contributed by atoms with Crippen molar-refractivity contribution in [2.45, 2.75) is 38.5 Å². The van der Waals surface area contributed by atoms with Crippen LogP contribution in [0.1, 0.15) is 30.1 Å². The number of pyridine rings is 1. The van der Waals surface area contributed by atoms with Crippen LogP contribution in [-0.2, 0) is 22.5 Å². The minimum Gasteiger partial charge on any atom is -0.494 e. The number of carbonyl (C=O) groups excluding carboxylic acids is 1. The second-order valence-corrected chi connectivity index (χ2v) is 10.4. The summed E-state index contributed by atoms with van der Waals surface area (Å²) in [5.74, 6) is -1.78. The Bertz CT molecular complexity index is 1630. The third-order valence-electron chi connectivity index (χ3n) is 6.75. The summed E-state index contributed by atoms with van der Waals surface area (Å²) >= 11 is 12.7. The molecule has 0 saturated heterocycles. The van der Waals surface area contributed by atoms with Crippen molar-refractivity contribution in [2.75, 3.05) is 6.61 Å². The van der Waals surface area contributed by atoms with E-state index in [2.05, 4.69) is 14.9 Å². The number of benzene rings is 2. The predicted octanol–water partition coefficient (Wildman–Crippen LogP) is 7.07. The molecule has 0 amide bonds. The second-order valence-electron chi connectivity index (χ2n) is 9.63. The van der Waals surface area contributed by atoms with Gasteiger partial charge in [-0.05, 0) is 59.3 Å². The van der Waals surface area contributed by atoms with Gasteiger partial charge < -0.3 is 24.4 Å². The van der Waals surface area contributed by atoms with Crippen molar-refractivity contribution >= 4 is 45.6 Å². The second kappa shape index (κ2) is 12.4. The molecule has 10 nitrogen and oxygen atoms in total. The first-order valence-electron chi connectivity index (χ1n) is 12.7. The van der Waals surface area contributed by atoms with Gasteiger partial charge in [-0.2, -0.15) is 8.78 Å². The number of ether oxygens (including phenoxy) is 3. The topological polar surface area (TPSA) is 132 Å². The number of aromatic hydroxyl groups is 2. The Labute approximate surface area is 247 Å². The molecule has 42 heavy (non-hydrogen) atoms. The highest BCUT2D eigenvalue weighted by Crippen LogP contribution is 2.42. The van der Waals surface area contributed by atoms with Crippen molar-refractivity contribution in [1.29, 1.82) is 0 Å². The van der Waals surface area contributed by atoms with Crippen LogP contribution in [-0.4, -0.2) is 39.0 Å². The van der Waals surface area contributed by atoms with E-state index in [0.29, 0.717) is 23.7 Å². The molecule has 1 atom stereocenters. The smallest absolute Gasteiger partial charge is 0.387 e.